The number of nitrogens with one attached hydrogen (secondary N) is 1. The molecule has 3 nitrogen and oxygen atoms in total. The zero-order valence-electron chi connectivity index (χ0n) is 12.4. The highest BCUT2D eigenvalue weighted by Crippen LogP contribution is 2.41. The topological polar surface area (TPSA) is 42.1 Å². The number of aromatic nitrogens is 1. The third-order valence-electron chi connectivity index (χ3n) is 4.17. The van der Waals surface area contributed by atoms with Crippen molar-refractivity contribution >= 4 is 28.2 Å². The summed E-state index contributed by atoms with van der Waals surface area (Å²) in [4.78, 5) is 17.7. The Morgan fingerprint density at radius 1 is 1.32 bits per heavy atom. The van der Waals surface area contributed by atoms with Gasteiger partial charge in [-0.1, -0.05) is 18.2 Å². The summed E-state index contributed by atoms with van der Waals surface area (Å²) in [5.41, 5.74) is 5.10. The number of aryl methyl sites for hydroxylation is 2. The van der Waals surface area contributed by atoms with Crippen LogP contribution >= 0.6 is 11.3 Å². The van der Waals surface area contributed by atoms with Crippen LogP contribution < -0.4 is 0 Å². The number of H-pyrrole nitrogens is 1. The molecule has 0 fully saturated rings. The zero-order chi connectivity index (χ0) is 15.1. The van der Waals surface area contributed by atoms with Gasteiger partial charge in [-0.25, -0.2) is 0 Å². The lowest BCUT2D eigenvalue weighted by molar-refractivity contribution is -0.142. The molecule has 0 unspecified atom stereocenters. The minimum atomic E-state index is -0.141. The van der Waals surface area contributed by atoms with E-state index in [2.05, 4.69) is 35.3 Å². The quantitative estimate of drug-likeness (QED) is 0.740. The van der Waals surface area contributed by atoms with E-state index in [1.807, 2.05) is 6.92 Å². The first-order valence-corrected chi connectivity index (χ1v) is 8.45. The smallest absolute Gasteiger partial charge is 0.311 e. The van der Waals surface area contributed by atoms with Crippen LogP contribution in [0.25, 0.3) is 22.2 Å². The molecular weight excluding hydrogens is 294 g/mol. The fourth-order valence-electron chi connectivity index (χ4n) is 3.25. The average molecular weight is 311 g/mol. The first kappa shape index (κ1) is 13.6. The van der Waals surface area contributed by atoms with Crippen LogP contribution in [0.15, 0.2) is 30.3 Å². The van der Waals surface area contributed by atoms with Gasteiger partial charge in [-0.15, -0.1) is 11.3 Å². The molecular formula is C18H17NO2S. The van der Waals surface area contributed by atoms with Crippen LogP contribution in [0, 0.1) is 0 Å². The largest absolute Gasteiger partial charge is 0.466 e. The third kappa shape index (κ3) is 2.15. The molecule has 0 saturated carbocycles. The second-order valence-corrected chi connectivity index (χ2v) is 6.78. The van der Waals surface area contributed by atoms with Crippen molar-refractivity contribution in [2.75, 3.05) is 6.61 Å². The predicted molar refractivity (Wildman–Crippen MR) is 89.4 cm³/mol. The van der Waals surface area contributed by atoms with Crippen LogP contribution in [0.2, 0.25) is 0 Å². The minimum absolute atomic E-state index is 0.141. The van der Waals surface area contributed by atoms with E-state index in [0.29, 0.717) is 13.0 Å². The third-order valence-corrected chi connectivity index (χ3v) is 5.36. The van der Waals surface area contributed by atoms with E-state index in [1.54, 1.807) is 11.3 Å². The number of fused-ring (bicyclic) bond motifs is 5. The van der Waals surface area contributed by atoms with E-state index in [9.17, 15) is 4.79 Å². The normalized spacial score (nSPS) is 13.0. The van der Waals surface area contributed by atoms with Crippen LogP contribution in [0.5, 0.6) is 0 Å². The molecule has 0 saturated heterocycles. The highest BCUT2D eigenvalue weighted by atomic mass is 32.1. The Bertz CT molecular complexity index is 859. The van der Waals surface area contributed by atoms with Crippen molar-refractivity contribution in [3.05, 3.63) is 45.6 Å². The first-order chi connectivity index (χ1) is 10.8. The Morgan fingerprint density at radius 3 is 3.05 bits per heavy atom. The summed E-state index contributed by atoms with van der Waals surface area (Å²) in [6, 6.07) is 10.6. The number of aromatic amines is 1. The molecule has 0 radical (unpaired) electrons. The number of rotatable bonds is 3. The van der Waals surface area contributed by atoms with Crippen molar-refractivity contribution in [1.29, 1.82) is 0 Å². The maximum absolute atomic E-state index is 11.7. The number of esters is 1. The van der Waals surface area contributed by atoms with Crippen LogP contribution in [-0.4, -0.2) is 17.6 Å². The van der Waals surface area contributed by atoms with Crippen LogP contribution in [0.1, 0.15) is 22.2 Å². The number of carbonyl (C=O) groups is 1. The molecule has 0 atom stereocenters. The van der Waals surface area contributed by atoms with Crippen molar-refractivity contribution in [1.82, 2.24) is 4.98 Å². The lowest BCUT2D eigenvalue weighted by Gasteiger charge is -2.11. The fourth-order valence-corrected chi connectivity index (χ4v) is 4.41. The van der Waals surface area contributed by atoms with Gasteiger partial charge in [0.2, 0.25) is 0 Å². The van der Waals surface area contributed by atoms with E-state index >= 15 is 0 Å². The SMILES string of the molecule is CCOC(=O)Cc1cc2c(s1)CCc1c-2[nH]c2ccccc12. The summed E-state index contributed by atoms with van der Waals surface area (Å²) in [7, 11) is 0. The van der Waals surface area contributed by atoms with Gasteiger partial charge < -0.3 is 9.72 Å². The number of hydrogen-bond acceptors (Lipinski definition) is 3. The molecule has 2 aromatic heterocycles. The Labute approximate surface area is 132 Å². The molecule has 112 valence electrons. The maximum Gasteiger partial charge on any atom is 0.311 e. The summed E-state index contributed by atoms with van der Waals surface area (Å²) < 4.78 is 5.06. The summed E-state index contributed by atoms with van der Waals surface area (Å²) in [5, 5.41) is 1.32. The van der Waals surface area contributed by atoms with Gasteiger partial charge in [0.1, 0.15) is 0 Å². The van der Waals surface area contributed by atoms with Gasteiger partial charge >= 0.3 is 5.97 Å². The summed E-state index contributed by atoms with van der Waals surface area (Å²) in [6.45, 7) is 2.28. The number of para-hydroxylation sites is 1. The van der Waals surface area contributed by atoms with Crippen LogP contribution in [0.4, 0.5) is 0 Å². The average Bonchev–Trinajstić information content (AvgIpc) is 3.07. The summed E-state index contributed by atoms with van der Waals surface area (Å²) in [6.07, 6.45) is 2.49. The molecule has 0 bridgehead atoms. The molecule has 4 rings (SSSR count). The highest BCUT2D eigenvalue weighted by molar-refractivity contribution is 7.12. The molecule has 0 aliphatic heterocycles. The molecule has 22 heavy (non-hydrogen) atoms. The Balaban J connectivity index is 1.75. The summed E-state index contributed by atoms with van der Waals surface area (Å²) >= 11 is 1.74. The Morgan fingerprint density at radius 2 is 2.18 bits per heavy atom. The Kier molecular flexibility index (Phi) is 3.26. The first-order valence-electron chi connectivity index (χ1n) is 7.63. The van der Waals surface area contributed by atoms with Crippen LogP contribution in [0.3, 0.4) is 0 Å². The highest BCUT2D eigenvalue weighted by Gasteiger charge is 2.23. The number of carbonyl (C=O) groups excluding carboxylic acids is 1. The molecule has 2 heterocycles. The number of thiophene rings is 1. The van der Waals surface area contributed by atoms with Crippen molar-refractivity contribution in [3.8, 4) is 11.3 Å². The molecule has 0 amide bonds. The maximum atomic E-state index is 11.7. The monoisotopic (exact) mass is 311 g/mol. The van der Waals surface area contributed by atoms with Crippen molar-refractivity contribution in [2.45, 2.75) is 26.2 Å². The standard InChI is InChI=1S/C18H17NO2S/c1-2-21-17(20)10-11-9-14-16(22-11)8-7-13-12-5-3-4-6-15(12)19-18(13)14/h3-6,9,19H,2,7-8,10H2,1H3. The van der Waals surface area contributed by atoms with E-state index in [0.717, 1.165) is 17.7 Å². The molecule has 1 aliphatic carbocycles. The minimum Gasteiger partial charge on any atom is -0.466 e. The van der Waals surface area contributed by atoms with Crippen molar-refractivity contribution < 1.29 is 9.53 Å². The molecule has 4 heteroatoms. The lowest BCUT2D eigenvalue weighted by Crippen LogP contribution is -2.06. The van der Waals surface area contributed by atoms with Gasteiger partial charge in [-0.3, -0.25) is 4.79 Å². The molecule has 3 aromatic rings. The van der Waals surface area contributed by atoms with Gasteiger partial charge in [0.05, 0.1) is 18.7 Å². The molecule has 1 aromatic carbocycles. The van der Waals surface area contributed by atoms with Crippen molar-refractivity contribution in [3.63, 3.8) is 0 Å². The molecule has 1 N–H and O–H groups in total. The van der Waals surface area contributed by atoms with E-state index in [1.165, 1.54) is 32.6 Å². The Hall–Kier alpha value is -2.07. The molecule has 0 spiro atoms. The van der Waals surface area contributed by atoms with Crippen LogP contribution in [-0.2, 0) is 28.8 Å². The van der Waals surface area contributed by atoms with E-state index in [-0.39, 0.29) is 5.97 Å². The second kappa shape index (κ2) is 5.29. The van der Waals surface area contributed by atoms with E-state index in [4.69, 9.17) is 4.74 Å². The van der Waals surface area contributed by atoms with Gasteiger partial charge in [0, 0.05) is 26.2 Å². The van der Waals surface area contributed by atoms with Gasteiger partial charge in [0.25, 0.3) is 0 Å². The second-order valence-electron chi connectivity index (χ2n) is 5.56. The van der Waals surface area contributed by atoms with Gasteiger partial charge in [0.15, 0.2) is 0 Å². The number of ether oxygens (including phenoxy) is 1. The van der Waals surface area contributed by atoms with E-state index < -0.39 is 0 Å². The predicted octanol–water partition coefficient (Wildman–Crippen LogP) is 4.10. The fraction of sp³-hybridized carbons (Fsp3) is 0.278. The van der Waals surface area contributed by atoms with Gasteiger partial charge in [-0.05, 0) is 37.5 Å². The number of benzene rings is 1. The zero-order valence-corrected chi connectivity index (χ0v) is 13.3. The van der Waals surface area contributed by atoms with Crippen molar-refractivity contribution in [2.24, 2.45) is 0 Å². The summed E-state index contributed by atoms with van der Waals surface area (Å²) in [5.74, 6) is -0.141. The number of hydrogen-bond donors (Lipinski definition) is 1. The lowest BCUT2D eigenvalue weighted by atomic mass is 9.94. The van der Waals surface area contributed by atoms with Gasteiger partial charge in [-0.2, -0.15) is 0 Å². The molecule has 1 aliphatic rings.